The Balaban J connectivity index is 1.49. The molecule has 216 valence electrons. The summed E-state index contributed by atoms with van der Waals surface area (Å²) in [7, 11) is 0. The van der Waals surface area contributed by atoms with Crippen molar-refractivity contribution >= 4 is 0 Å². The van der Waals surface area contributed by atoms with Gasteiger partial charge in [-0.15, -0.1) is 0 Å². The van der Waals surface area contributed by atoms with Gasteiger partial charge in [0.25, 0.3) is 0 Å². The summed E-state index contributed by atoms with van der Waals surface area (Å²) < 4.78 is 6.59. The Morgan fingerprint density at radius 2 is 0.902 bits per heavy atom. The Bertz CT molecular complexity index is 1180. The second kappa shape index (κ2) is 17.5. The summed E-state index contributed by atoms with van der Waals surface area (Å²) in [6, 6.07) is 41.4. The summed E-state index contributed by atoms with van der Waals surface area (Å²) in [5.74, 6) is 0.975. The van der Waals surface area contributed by atoms with Gasteiger partial charge in [0.15, 0.2) is 0 Å². The quantitative estimate of drug-likeness (QED) is 0.0839. The van der Waals surface area contributed by atoms with Crippen LogP contribution in [0.3, 0.4) is 0 Å². The molecule has 4 rings (SSSR count). The van der Waals surface area contributed by atoms with Gasteiger partial charge in [0.1, 0.15) is 12.4 Å². The highest BCUT2D eigenvalue weighted by Crippen LogP contribution is 2.47. The van der Waals surface area contributed by atoms with Crippen LogP contribution in [0.4, 0.5) is 0 Å². The van der Waals surface area contributed by atoms with E-state index in [0.717, 1.165) is 12.2 Å². The molecule has 0 atom stereocenters. The fraction of sp³-hybridized carbons (Fsp3) is 0.400. The highest BCUT2D eigenvalue weighted by atomic mass is 16.5. The number of unbranched alkanes of at least 4 members (excludes halogenated alkanes) is 11. The molecule has 0 aliphatic carbocycles. The van der Waals surface area contributed by atoms with Gasteiger partial charge >= 0.3 is 0 Å². The third-order valence-corrected chi connectivity index (χ3v) is 8.52. The van der Waals surface area contributed by atoms with E-state index in [1.807, 2.05) is 0 Å². The summed E-state index contributed by atoms with van der Waals surface area (Å²) in [5, 5.41) is 0. The van der Waals surface area contributed by atoms with Crippen molar-refractivity contribution in [1.82, 2.24) is 0 Å². The lowest BCUT2D eigenvalue weighted by molar-refractivity contribution is 0.297. The van der Waals surface area contributed by atoms with Gasteiger partial charge in [-0.2, -0.15) is 0 Å². The number of rotatable bonds is 19. The van der Waals surface area contributed by atoms with Gasteiger partial charge in [-0.25, -0.2) is 0 Å². The van der Waals surface area contributed by atoms with E-state index in [9.17, 15) is 0 Å². The Morgan fingerprint density at radius 3 is 1.44 bits per heavy atom. The van der Waals surface area contributed by atoms with Crippen LogP contribution in [0.2, 0.25) is 0 Å². The number of hydrogen-bond donors (Lipinski definition) is 0. The van der Waals surface area contributed by atoms with Gasteiger partial charge in [-0.05, 0) is 29.2 Å². The lowest BCUT2D eigenvalue weighted by atomic mass is 9.66. The molecule has 0 bridgehead atoms. The molecule has 4 aromatic rings. The van der Waals surface area contributed by atoms with Crippen LogP contribution in [0, 0.1) is 0 Å². The van der Waals surface area contributed by atoms with Crippen LogP contribution in [0.1, 0.15) is 113 Å². The van der Waals surface area contributed by atoms with E-state index in [0.29, 0.717) is 6.61 Å². The van der Waals surface area contributed by atoms with Gasteiger partial charge in [-0.1, -0.05) is 193 Å². The Labute approximate surface area is 250 Å². The molecule has 1 heteroatoms. The minimum atomic E-state index is -0.270. The molecule has 0 fully saturated rings. The van der Waals surface area contributed by atoms with Crippen LogP contribution < -0.4 is 4.74 Å². The lowest BCUT2D eigenvalue weighted by Gasteiger charge is -2.37. The molecule has 0 saturated heterocycles. The van der Waals surface area contributed by atoms with Crippen LogP contribution in [0.15, 0.2) is 115 Å². The zero-order chi connectivity index (χ0) is 28.4. The van der Waals surface area contributed by atoms with Crippen molar-refractivity contribution in [2.45, 2.75) is 102 Å². The zero-order valence-electron chi connectivity index (χ0n) is 25.3. The first-order valence-corrected chi connectivity index (χ1v) is 16.2. The van der Waals surface area contributed by atoms with Crippen LogP contribution in [-0.2, 0) is 12.0 Å². The van der Waals surface area contributed by atoms with E-state index >= 15 is 0 Å². The second-order valence-corrected chi connectivity index (χ2v) is 11.5. The average Bonchev–Trinajstić information content (AvgIpc) is 3.04. The predicted molar refractivity (Wildman–Crippen MR) is 176 cm³/mol. The fourth-order valence-corrected chi connectivity index (χ4v) is 6.26. The molecule has 0 radical (unpaired) electrons. The summed E-state index contributed by atoms with van der Waals surface area (Å²) in [4.78, 5) is 0. The molecule has 0 saturated carbocycles. The van der Waals surface area contributed by atoms with Crippen molar-refractivity contribution in [3.63, 3.8) is 0 Å². The van der Waals surface area contributed by atoms with Crippen molar-refractivity contribution < 1.29 is 4.74 Å². The molecule has 0 aromatic heterocycles. The van der Waals surface area contributed by atoms with Crippen molar-refractivity contribution in [2.75, 3.05) is 0 Å². The summed E-state index contributed by atoms with van der Waals surface area (Å²) >= 11 is 0. The van der Waals surface area contributed by atoms with Crippen LogP contribution in [0.5, 0.6) is 5.75 Å². The summed E-state index contributed by atoms with van der Waals surface area (Å²) in [6.45, 7) is 2.86. The number of ether oxygens (including phenoxy) is 1. The molecule has 0 aliphatic rings. The summed E-state index contributed by atoms with van der Waals surface area (Å²) in [5.41, 5.74) is 4.86. The number of hydrogen-bond acceptors (Lipinski definition) is 1. The molecule has 1 nitrogen and oxygen atoms in total. The van der Waals surface area contributed by atoms with Crippen molar-refractivity contribution in [3.8, 4) is 5.75 Å². The molecule has 0 N–H and O–H groups in total. The maximum absolute atomic E-state index is 6.59. The highest BCUT2D eigenvalue weighted by Gasteiger charge is 2.38. The van der Waals surface area contributed by atoms with Crippen molar-refractivity contribution in [1.29, 1.82) is 0 Å². The molecular weight excluding hydrogens is 496 g/mol. The molecular formula is C40H50O. The maximum Gasteiger partial charge on any atom is 0.124 e. The van der Waals surface area contributed by atoms with Gasteiger partial charge < -0.3 is 4.74 Å². The number of para-hydroxylation sites is 1. The van der Waals surface area contributed by atoms with Crippen molar-refractivity contribution in [3.05, 3.63) is 138 Å². The zero-order valence-corrected chi connectivity index (χ0v) is 25.3. The monoisotopic (exact) mass is 546 g/mol. The minimum absolute atomic E-state index is 0.270. The van der Waals surface area contributed by atoms with Gasteiger partial charge in [-0.3, -0.25) is 0 Å². The van der Waals surface area contributed by atoms with E-state index < -0.39 is 0 Å². The van der Waals surface area contributed by atoms with Gasteiger partial charge in [0.2, 0.25) is 0 Å². The lowest BCUT2D eigenvalue weighted by Crippen LogP contribution is -2.30. The third-order valence-electron chi connectivity index (χ3n) is 8.52. The molecule has 0 heterocycles. The molecule has 0 aliphatic heterocycles. The standard InChI is InChI=1S/C40H50O/c1-2-3-4-5-6-7-8-9-10-11-12-24-33-40(36-27-18-14-19-28-36,37-29-20-15-21-30-37)38-31-22-23-32-39(38)41-34-35-25-16-13-17-26-35/h13-23,25-32H,2-12,24,33-34H2,1H3. The minimum Gasteiger partial charge on any atom is -0.489 e. The Kier molecular flexibility index (Phi) is 13.1. The second-order valence-electron chi connectivity index (χ2n) is 11.5. The SMILES string of the molecule is CCCCCCCCCCCCCCC(c1ccccc1)(c1ccccc1)c1ccccc1OCc1ccccc1. The average molecular weight is 547 g/mol. The van der Waals surface area contributed by atoms with E-state index in [1.54, 1.807) is 0 Å². The van der Waals surface area contributed by atoms with E-state index in [4.69, 9.17) is 4.74 Å². The van der Waals surface area contributed by atoms with E-state index in [2.05, 4.69) is 122 Å². The predicted octanol–water partition coefficient (Wildman–Crippen LogP) is 11.7. The first-order valence-electron chi connectivity index (χ1n) is 16.2. The first-order chi connectivity index (χ1) is 20.3. The smallest absolute Gasteiger partial charge is 0.124 e. The van der Waals surface area contributed by atoms with Crippen molar-refractivity contribution in [2.24, 2.45) is 0 Å². The number of benzene rings is 4. The maximum atomic E-state index is 6.59. The normalized spacial score (nSPS) is 11.4. The largest absolute Gasteiger partial charge is 0.489 e. The van der Waals surface area contributed by atoms with Crippen LogP contribution in [-0.4, -0.2) is 0 Å². The first kappa shape index (κ1) is 30.6. The Morgan fingerprint density at radius 1 is 0.463 bits per heavy atom. The highest BCUT2D eigenvalue weighted by molar-refractivity contribution is 5.55. The summed E-state index contributed by atoms with van der Waals surface area (Å²) in [6.07, 6.45) is 17.4. The van der Waals surface area contributed by atoms with Gasteiger partial charge in [0.05, 0.1) is 0 Å². The molecule has 0 unspecified atom stereocenters. The van der Waals surface area contributed by atoms with E-state index in [1.165, 1.54) is 99.3 Å². The van der Waals surface area contributed by atoms with Gasteiger partial charge in [0, 0.05) is 11.0 Å². The van der Waals surface area contributed by atoms with Crippen LogP contribution >= 0.6 is 0 Å². The third kappa shape index (κ3) is 9.09. The molecule has 4 aromatic carbocycles. The molecule has 0 spiro atoms. The molecule has 0 amide bonds. The fourth-order valence-electron chi connectivity index (χ4n) is 6.26. The van der Waals surface area contributed by atoms with E-state index in [-0.39, 0.29) is 5.41 Å². The Hall–Kier alpha value is -3.32. The van der Waals surface area contributed by atoms with Crippen LogP contribution in [0.25, 0.3) is 0 Å². The molecule has 41 heavy (non-hydrogen) atoms. The topological polar surface area (TPSA) is 9.23 Å².